The van der Waals surface area contributed by atoms with E-state index in [1.807, 2.05) is 19.1 Å². The zero-order valence-corrected chi connectivity index (χ0v) is 16.6. The van der Waals surface area contributed by atoms with Crippen molar-refractivity contribution in [3.05, 3.63) is 59.4 Å². The van der Waals surface area contributed by atoms with Gasteiger partial charge < -0.3 is 19.3 Å². The molecule has 1 saturated heterocycles. The Balaban J connectivity index is 1.73. The summed E-state index contributed by atoms with van der Waals surface area (Å²) < 4.78 is 9.48. The summed E-state index contributed by atoms with van der Waals surface area (Å²) in [6, 6.07) is 10.2. The summed E-state index contributed by atoms with van der Waals surface area (Å²) in [4.78, 5) is 44.6. The maximum Gasteiger partial charge on any atom is 0.340 e. The van der Waals surface area contributed by atoms with Crippen LogP contribution < -0.4 is 4.90 Å². The Labute approximate surface area is 169 Å². The number of amides is 1. The Hall–Kier alpha value is -3.42. The number of carbonyl (C=O) groups excluding carboxylic acids is 3. The minimum absolute atomic E-state index is 0.0935. The van der Waals surface area contributed by atoms with Gasteiger partial charge in [0, 0.05) is 37.6 Å². The lowest BCUT2D eigenvalue weighted by Gasteiger charge is -2.41. The van der Waals surface area contributed by atoms with E-state index in [9.17, 15) is 14.4 Å². The van der Waals surface area contributed by atoms with Crippen molar-refractivity contribution in [2.75, 3.05) is 38.8 Å². The van der Waals surface area contributed by atoms with Crippen molar-refractivity contribution in [3.8, 4) is 0 Å². The van der Waals surface area contributed by atoms with Crippen LogP contribution in [0.3, 0.4) is 0 Å². The van der Waals surface area contributed by atoms with Gasteiger partial charge in [-0.25, -0.2) is 9.59 Å². The summed E-state index contributed by atoms with van der Waals surface area (Å²) in [5.74, 6) is -1.25. The van der Waals surface area contributed by atoms with Gasteiger partial charge in [-0.3, -0.25) is 9.78 Å². The molecule has 0 aliphatic carbocycles. The molecule has 29 heavy (non-hydrogen) atoms. The number of rotatable bonds is 4. The maximum atomic E-state index is 13.0. The minimum atomic E-state index is -0.585. The van der Waals surface area contributed by atoms with Crippen LogP contribution in [-0.2, 0) is 9.47 Å². The van der Waals surface area contributed by atoms with Crippen LogP contribution in [0, 0.1) is 0 Å². The molecule has 3 rings (SSSR count). The number of piperazine rings is 1. The van der Waals surface area contributed by atoms with E-state index >= 15 is 0 Å². The summed E-state index contributed by atoms with van der Waals surface area (Å²) >= 11 is 0. The number of nitrogens with zero attached hydrogens (tertiary/aromatic N) is 3. The highest BCUT2D eigenvalue weighted by Gasteiger charge is 2.31. The number of ether oxygens (including phenoxy) is 2. The fourth-order valence-electron chi connectivity index (χ4n) is 3.41. The van der Waals surface area contributed by atoms with Crippen molar-refractivity contribution in [3.63, 3.8) is 0 Å². The van der Waals surface area contributed by atoms with Crippen LogP contribution >= 0.6 is 0 Å². The zero-order valence-electron chi connectivity index (χ0n) is 16.6. The predicted octanol–water partition coefficient (Wildman–Crippen LogP) is 2.01. The molecule has 1 fully saturated rings. The lowest BCUT2D eigenvalue weighted by molar-refractivity contribution is 0.0577. The number of hydrogen-bond donors (Lipinski definition) is 0. The van der Waals surface area contributed by atoms with Gasteiger partial charge in [-0.15, -0.1) is 0 Å². The van der Waals surface area contributed by atoms with E-state index in [1.165, 1.54) is 26.5 Å². The molecule has 0 N–H and O–H groups in total. The van der Waals surface area contributed by atoms with Crippen molar-refractivity contribution >= 4 is 23.5 Å². The number of anilines is 1. The van der Waals surface area contributed by atoms with E-state index in [-0.39, 0.29) is 29.2 Å². The molecule has 0 bridgehead atoms. The molecule has 1 aliphatic heterocycles. The fraction of sp³-hybridized carbons (Fsp3) is 0.333. The summed E-state index contributed by atoms with van der Waals surface area (Å²) in [5.41, 5.74) is 1.71. The first kappa shape index (κ1) is 20.3. The number of benzene rings is 1. The van der Waals surface area contributed by atoms with E-state index in [4.69, 9.17) is 9.47 Å². The molecule has 1 amide bonds. The lowest BCUT2D eigenvalue weighted by Crippen LogP contribution is -2.54. The molecule has 2 aromatic rings. The second kappa shape index (κ2) is 8.72. The molecule has 0 spiro atoms. The molecule has 2 heterocycles. The molecule has 0 saturated carbocycles. The predicted molar refractivity (Wildman–Crippen MR) is 106 cm³/mol. The average Bonchev–Trinajstić information content (AvgIpc) is 2.77. The van der Waals surface area contributed by atoms with E-state index in [0.29, 0.717) is 25.2 Å². The SMILES string of the molecule is COC(=O)c1ccc(N2CCN(C(=O)c3ncccc3C(=O)OC)[C@@H](C)C2)cc1. The topological polar surface area (TPSA) is 89.0 Å². The van der Waals surface area contributed by atoms with Crippen LogP contribution in [0.15, 0.2) is 42.6 Å². The van der Waals surface area contributed by atoms with E-state index < -0.39 is 5.97 Å². The van der Waals surface area contributed by atoms with Crippen LogP contribution in [0.4, 0.5) is 5.69 Å². The molecule has 0 unspecified atom stereocenters. The van der Waals surface area contributed by atoms with E-state index in [2.05, 4.69) is 9.88 Å². The number of aromatic nitrogens is 1. The molecule has 1 atom stereocenters. The average molecular weight is 397 g/mol. The van der Waals surface area contributed by atoms with E-state index in [1.54, 1.807) is 23.1 Å². The first-order chi connectivity index (χ1) is 14.0. The first-order valence-corrected chi connectivity index (χ1v) is 9.24. The van der Waals surface area contributed by atoms with Crippen molar-refractivity contribution in [1.82, 2.24) is 9.88 Å². The largest absolute Gasteiger partial charge is 0.465 e. The number of hydrogen-bond acceptors (Lipinski definition) is 7. The van der Waals surface area contributed by atoms with Crippen molar-refractivity contribution in [2.24, 2.45) is 0 Å². The number of methoxy groups -OCH3 is 2. The third-order valence-electron chi connectivity index (χ3n) is 4.96. The second-order valence-corrected chi connectivity index (χ2v) is 6.72. The highest BCUT2D eigenvalue weighted by molar-refractivity contribution is 6.04. The van der Waals surface area contributed by atoms with Crippen molar-refractivity contribution in [2.45, 2.75) is 13.0 Å². The Morgan fingerprint density at radius 3 is 2.31 bits per heavy atom. The number of carbonyl (C=O) groups is 3. The van der Waals surface area contributed by atoms with Gasteiger partial charge >= 0.3 is 11.9 Å². The quantitative estimate of drug-likeness (QED) is 0.729. The molecule has 1 aromatic heterocycles. The molecular formula is C21H23N3O5. The van der Waals surface area contributed by atoms with Crippen LogP contribution in [0.5, 0.6) is 0 Å². The highest BCUT2D eigenvalue weighted by atomic mass is 16.5. The molecule has 1 aromatic carbocycles. The fourth-order valence-corrected chi connectivity index (χ4v) is 3.41. The third-order valence-corrected chi connectivity index (χ3v) is 4.96. The van der Waals surface area contributed by atoms with Crippen molar-refractivity contribution in [1.29, 1.82) is 0 Å². The summed E-state index contributed by atoms with van der Waals surface area (Å²) in [6.07, 6.45) is 1.49. The van der Waals surface area contributed by atoms with Gasteiger partial charge in [0.1, 0.15) is 5.69 Å². The van der Waals surface area contributed by atoms with Crippen LogP contribution in [0.1, 0.15) is 38.1 Å². The number of pyridine rings is 1. The lowest BCUT2D eigenvalue weighted by atomic mass is 10.1. The van der Waals surface area contributed by atoms with E-state index in [0.717, 1.165) is 5.69 Å². The Kier molecular flexibility index (Phi) is 6.11. The first-order valence-electron chi connectivity index (χ1n) is 9.24. The monoisotopic (exact) mass is 397 g/mol. The van der Waals surface area contributed by atoms with Gasteiger partial charge in [0.2, 0.25) is 0 Å². The van der Waals surface area contributed by atoms with Gasteiger partial charge in [0.25, 0.3) is 5.91 Å². The maximum absolute atomic E-state index is 13.0. The summed E-state index contributed by atoms with van der Waals surface area (Å²) in [7, 11) is 2.62. The second-order valence-electron chi connectivity index (χ2n) is 6.72. The van der Waals surface area contributed by atoms with Crippen molar-refractivity contribution < 1.29 is 23.9 Å². The standard InChI is InChI=1S/C21H23N3O5/c1-14-13-23(16-8-6-15(7-9-16)20(26)28-2)11-12-24(14)19(25)18-17(21(27)29-3)5-4-10-22-18/h4-10,14H,11-13H2,1-3H3/t14-/m0/s1. The highest BCUT2D eigenvalue weighted by Crippen LogP contribution is 2.22. The zero-order chi connectivity index (χ0) is 21.0. The molecule has 0 radical (unpaired) electrons. The molecular weight excluding hydrogens is 374 g/mol. The smallest absolute Gasteiger partial charge is 0.340 e. The normalized spacial score (nSPS) is 16.3. The van der Waals surface area contributed by atoms with Gasteiger partial charge in [-0.2, -0.15) is 0 Å². The Morgan fingerprint density at radius 1 is 1.00 bits per heavy atom. The molecule has 1 aliphatic rings. The van der Waals surface area contributed by atoms with Gasteiger partial charge in [0.05, 0.1) is 25.3 Å². The minimum Gasteiger partial charge on any atom is -0.465 e. The van der Waals surface area contributed by atoms with Crippen LogP contribution in [-0.4, -0.2) is 67.6 Å². The van der Waals surface area contributed by atoms with Crippen LogP contribution in [0.25, 0.3) is 0 Å². The molecule has 152 valence electrons. The molecule has 8 nitrogen and oxygen atoms in total. The summed E-state index contributed by atoms with van der Waals surface area (Å²) in [5, 5.41) is 0. The van der Waals surface area contributed by atoms with Gasteiger partial charge in [-0.1, -0.05) is 0 Å². The van der Waals surface area contributed by atoms with Gasteiger partial charge in [-0.05, 0) is 43.3 Å². The summed E-state index contributed by atoms with van der Waals surface area (Å²) in [6.45, 7) is 3.67. The Morgan fingerprint density at radius 2 is 1.69 bits per heavy atom. The van der Waals surface area contributed by atoms with Crippen LogP contribution in [0.2, 0.25) is 0 Å². The third kappa shape index (κ3) is 4.21. The van der Waals surface area contributed by atoms with Gasteiger partial charge in [0.15, 0.2) is 0 Å². The number of esters is 2. The molecule has 8 heteroatoms. The Bertz CT molecular complexity index is 913.